The van der Waals surface area contributed by atoms with Gasteiger partial charge in [-0.3, -0.25) is 14.3 Å². The number of alkyl halides is 3. The van der Waals surface area contributed by atoms with Gasteiger partial charge in [0.25, 0.3) is 11.8 Å². The molecule has 4 aromatic heterocycles. The Labute approximate surface area is 233 Å². The molecule has 0 saturated carbocycles. The molecule has 0 fully saturated rings. The number of benzene rings is 1. The minimum atomic E-state index is -4.76. The van der Waals surface area contributed by atoms with Crippen molar-refractivity contribution in [2.45, 2.75) is 19.8 Å². The molecule has 0 atom stereocenters. The number of hydrogen-bond acceptors (Lipinski definition) is 7. The summed E-state index contributed by atoms with van der Waals surface area (Å²) in [6.45, 7) is 1.66. The second-order valence-electron chi connectivity index (χ2n) is 8.59. The number of rotatable bonds is 7. The van der Waals surface area contributed by atoms with E-state index in [9.17, 15) is 22.8 Å². The summed E-state index contributed by atoms with van der Waals surface area (Å²) in [4.78, 5) is 29.0. The summed E-state index contributed by atoms with van der Waals surface area (Å²) in [5, 5.41) is 11.6. The Bertz CT molecular complexity index is 1760. The number of ether oxygens (including phenoxy) is 1. The van der Waals surface area contributed by atoms with Gasteiger partial charge < -0.3 is 15.8 Å². The number of carbonyl (C=O) groups excluding carboxylic acids is 2. The first-order valence-electron chi connectivity index (χ1n) is 11.5. The van der Waals surface area contributed by atoms with Crippen molar-refractivity contribution in [2.75, 3.05) is 5.32 Å². The lowest BCUT2D eigenvalue weighted by molar-refractivity contribution is -0.140. The van der Waals surface area contributed by atoms with Crippen molar-refractivity contribution in [2.24, 2.45) is 12.8 Å². The van der Waals surface area contributed by atoms with Crippen LogP contribution in [0.25, 0.3) is 21.3 Å². The number of halogens is 4. The normalized spacial score (nSPS) is 11.7. The van der Waals surface area contributed by atoms with Crippen LogP contribution >= 0.6 is 22.9 Å². The van der Waals surface area contributed by atoms with E-state index in [2.05, 4.69) is 20.5 Å². The van der Waals surface area contributed by atoms with Gasteiger partial charge in [0.05, 0.1) is 11.9 Å². The number of aromatic nitrogens is 5. The lowest BCUT2D eigenvalue weighted by Crippen LogP contribution is -2.18. The molecule has 4 heterocycles. The first-order valence-corrected chi connectivity index (χ1v) is 12.7. The third-order valence-corrected chi connectivity index (χ3v) is 7.34. The van der Waals surface area contributed by atoms with Crippen LogP contribution in [0.15, 0.2) is 48.8 Å². The average Bonchev–Trinajstić information content (AvgIpc) is 3.61. The largest absolute Gasteiger partial charge is 0.471 e. The second kappa shape index (κ2) is 10.3. The fourth-order valence-electron chi connectivity index (χ4n) is 3.92. The molecule has 0 aliphatic heterocycles. The molecule has 0 spiro atoms. The molecule has 5 rings (SSSR count). The van der Waals surface area contributed by atoms with E-state index >= 15 is 0 Å². The van der Waals surface area contributed by atoms with Crippen LogP contribution in [-0.4, -0.2) is 36.4 Å². The van der Waals surface area contributed by atoms with Crippen LogP contribution in [0.2, 0.25) is 5.02 Å². The van der Waals surface area contributed by atoms with Crippen LogP contribution in [0.4, 0.5) is 18.9 Å². The Morgan fingerprint density at radius 3 is 2.52 bits per heavy atom. The van der Waals surface area contributed by atoms with E-state index in [-0.39, 0.29) is 38.8 Å². The number of nitrogens with two attached hydrogens (primary N) is 1. The Morgan fingerprint density at radius 2 is 1.90 bits per heavy atom. The highest BCUT2D eigenvalue weighted by atomic mass is 35.5. The number of nitrogens with one attached hydrogen (secondary N) is 1. The Morgan fingerprint density at radius 1 is 1.18 bits per heavy atom. The number of aryl methyl sites for hydroxylation is 1. The predicted molar refractivity (Wildman–Crippen MR) is 142 cm³/mol. The first kappa shape index (κ1) is 27.1. The van der Waals surface area contributed by atoms with Crippen molar-refractivity contribution in [3.8, 4) is 16.9 Å². The van der Waals surface area contributed by atoms with Crippen molar-refractivity contribution in [1.29, 1.82) is 0 Å². The lowest BCUT2D eigenvalue weighted by atomic mass is 10.0. The van der Waals surface area contributed by atoms with E-state index in [1.165, 1.54) is 27.8 Å². The molecule has 15 heteroatoms. The number of fused-ring (bicyclic) bond motifs is 1. The number of thiophene rings is 1. The van der Waals surface area contributed by atoms with Gasteiger partial charge in [-0.2, -0.15) is 23.4 Å². The van der Waals surface area contributed by atoms with Crippen LogP contribution in [0.1, 0.15) is 31.5 Å². The van der Waals surface area contributed by atoms with Gasteiger partial charge >= 0.3 is 6.18 Å². The van der Waals surface area contributed by atoms with Gasteiger partial charge in [-0.1, -0.05) is 11.6 Å². The summed E-state index contributed by atoms with van der Waals surface area (Å²) in [7, 11) is 1.64. The van der Waals surface area contributed by atoms with Gasteiger partial charge in [0.15, 0.2) is 12.4 Å². The fraction of sp³-hybridized carbons (Fsp3) is 0.160. The summed E-state index contributed by atoms with van der Waals surface area (Å²) in [6, 6.07) is 8.95. The summed E-state index contributed by atoms with van der Waals surface area (Å²) < 4.78 is 49.7. The molecule has 2 amide bonds. The average molecular weight is 590 g/mol. The van der Waals surface area contributed by atoms with Gasteiger partial charge in [0.2, 0.25) is 0 Å². The molecule has 0 bridgehead atoms. The minimum absolute atomic E-state index is 0.0165. The number of anilines is 1. The van der Waals surface area contributed by atoms with E-state index in [4.69, 9.17) is 22.1 Å². The topological polar surface area (TPSA) is 130 Å². The highest BCUT2D eigenvalue weighted by molar-refractivity contribution is 7.21. The van der Waals surface area contributed by atoms with Crippen molar-refractivity contribution in [3.63, 3.8) is 0 Å². The van der Waals surface area contributed by atoms with E-state index in [1.807, 2.05) is 0 Å². The smallest absolute Gasteiger partial charge is 0.433 e. The third-order valence-electron chi connectivity index (χ3n) is 5.99. The van der Waals surface area contributed by atoms with Crippen LogP contribution in [-0.2, 0) is 20.0 Å². The zero-order valence-corrected chi connectivity index (χ0v) is 22.4. The molecular formula is C25H19ClF3N7O3S. The maximum atomic E-state index is 13.7. The molecule has 206 valence electrons. The quantitative estimate of drug-likeness (QED) is 0.266. The predicted octanol–water partition coefficient (Wildman–Crippen LogP) is 5.26. The molecule has 0 radical (unpaired) electrons. The van der Waals surface area contributed by atoms with Crippen LogP contribution in [0.5, 0.6) is 5.75 Å². The molecule has 5 aromatic rings. The molecule has 10 nitrogen and oxygen atoms in total. The summed E-state index contributed by atoms with van der Waals surface area (Å²) in [6.07, 6.45) is -1.85. The van der Waals surface area contributed by atoms with Crippen molar-refractivity contribution < 1.29 is 27.5 Å². The van der Waals surface area contributed by atoms with Gasteiger partial charge in [-0.05, 0) is 48.9 Å². The zero-order valence-electron chi connectivity index (χ0n) is 20.8. The maximum Gasteiger partial charge on any atom is 0.433 e. The fourth-order valence-corrected chi connectivity index (χ4v) is 5.05. The van der Waals surface area contributed by atoms with E-state index in [0.717, 1.165) is 6.07 Å². The highest BCUT2D eigenvalue weighted by Crippen LogP contribution is 2.44. The number of primary amides is 1. The molecule has 1 aromatic carbocycles. The van der Waals surface area contributed by atoms with E-state index in [1.54, 1.807) is 38.2 Å². The van der Waals surface area contributed by atoms with Gasteiger partial charge in [-0.15, -0.1) is 11.3 Å². The molecule has 0 unspecified atom stereocenters. The molecule has 3 N–H and O–H groups in total. The zero-order chi connectivity index (χ0) is 28.8. The molecule has 0 aliphatic rings. The van der Waals surface area contributed by atoms with Crippen molar-refractivity contribution in [1.82, 2.24) is 24.5 Å². The first-order chi connectivity index (χ1) is 18.9. The standard InChI is InChI=1S/C25H19ClF3N7O3S/c1-12-16(10-31-35(12)2)15-9-18(25(27,28)29)32-24-19(15)20(21(40-24)22(30)37)33-23(38)17-7-8-36(34-17)11-39-14-5-3-13(26)4-6-14/h3-10H,11H2,1-2H3,(H2,30,37)(H,33,38). The van der Waals surface area contributed by atoms with Crippen LogP contribution < -0.4 is 15.8 Å². The van der Waals surface area contributed by atoms with Gasteiger partial charge in [0.1, 0.15) is 21.2 Å². The minimum Gasteiger partial charge on any atom is -0.471 e. The van der Waals surface area contributed by atoms with Gasteiger partial charge in [0, 0.05) is 34.9 Å². The van der Waals surface area contributed by atoms with E-state index in [0.29, 0.717) is 33.4 Å². The number of pyridine rings is 1. The summed E-state index contributed by atoms with van der Waals surface area (Å²) in [5.41, 5.74) is 5.31. The second-order valence-corrected chi connectivity index (χ2v) is 10.0. The Kier molecular flexibility index (Phi) is 6.98. The number of carbonyl (C=O) groups is 2. The van der Waals surface area contributed by atoms with Gasteiger partial charge in [-0.25, -0.2) is 9.67 Å². The molecule has 40 heavy (non-hydrogen) atoms. The highest BCUT2D eigenvalue weighted by Gasteiger charge is 2.35. The maximum absolute atomic E-state index is 13.7. The lowest BCUT2D eigenvalue weighted by Gasteiger charge is -2.12. The number of nitrogens with zero attached hydrogens (tertiary/aromatic N) is 5. The molecule has 0 saturated heterocycles. The Balaban J connectivity index is 1.53. The van der Waals surface area contributed by atoms with E-state index < -0.39 is 23.7 Å². The van der Waals surface area contributed by atoms with Crippen molar-refractivity contribution in [3.05, 3.63) is 75.8 Å². The number of hydrogen-bond donors (Lipinski definition) is 2. The van der Waals surface area contributed by atoms with Crippen LogP contribution in [0, 0.1) is 6.92 Å². The van der Waals surface area contributed by atoms with Crippen molar-refractivity contribution >= 4 is 50.7 Å². The third kappa shape index (κ3) is 5.22. The SMILES string of the molecule is Cc1c(-c2cc(C(F)(F)F)nc3sc(C(N)=O)c(NC(=O)c4ccn(COc5ccc(Cl)cc5)n4)c23)cnn1C. The monoisotopic (exact) mass is 589 g/mol. The Hall–Kier alpha value is -4.43. The summed E-state index contributed by atoms with van der Waals surface area (Å²) in [5.74, 6) is -1.13. The summed E-state index contributed by atoms with van der Waals surface area (Å²) >= 11 is 6.52. The number of amides is 2. The molecular weight excluding hydrogens is 571 g/mol. The van der Waals surface area contributed by atoms with Crippen LogP contribution in [0.3, 0.4) is 0 Å². The molecule has 0 aliphatic carbocycles.